The number of H-pyrrole nitrogens is 1. The number of thiazole rings is 1. The SMILES string of the molecule is CC(Cc1c[nH]c(=O)c(C(F)(F)F)c1)OC(=O)N1CCN(c2ncc(C(F)(F)F)s2)CC1. The molecule has 0 radical (unpaired) electrons. The lowest BCUT2D eigenvalue weighted by atomic mass is 10.1. The zero-order chi connectivity index (χ0) is 23.7. The third kappa shape index (κ3) is 5.72. The minimum absolute atomic E-state index is 0.0507. The van der Waals surface area contributed by atoms with Crippen LogP contribution in [0.5, 0.6) is 0 Å². The fourth-order valence-electron chi connectivity index (χ4n) is 3.10. The van der Waals surface area contributed by atoms with Gasteiger partial charge in [0.05, 0.1) is 6.20 Å². The number of nitrogens with zero attached hydrogens (tertiary/aromatic N) is 3. The van der Waals surface area contributed by atoms with Gasteiger partial charge in [-0.05, 0) is 18.6 Å². The molecule has 0 saturated carbocycles. The number of pyridine rings is 1. The molecule has 1 N–H and O–H groups in total. The number of hydrogen-bond donors (Lipinski definition) is 1. The first-order chi connectivity index (χ1) is 14.8. The summed E-state index contributed by atoms with van der Waals surface area (Å²) in [6.45, 7) is 2.37. The quantitative estimate of drug-likeness (QED) is 0.669. The fourth-order valence-corrected chi connectivity index (χ4v) is 3.93. The van der Waals surface area contributed by atoms with E-state index in [1.165, 1.54) is 11.8 Å². The Morgan fingerprint density at radius 3 is 2.41 bits per heavy atom. The number of rotatable bonds is 4. The zero-order valence-electron chi connectivity index (χ0n) is 16.6. The minimum Gasteiger partial charge on any atom is -0.446 e. The van der Waals surface area contributed by atoms with Crippen LogP contribution in [0.1, 0.15) is 22.9 Å². The molecule has 3 rings (SSSR count). The first-order valence-corrected chi connectivity index (χ1v) is 10.2. The maximum Gasteiger partial charge on any atom is 0.427 e. The topological polar surface area (TPSA) is 78.5 Å². The van der Waals surface area contributed by atoms with Crippen LogP contribution in [0.4, 0.5) is 36.3 Å². The fraction of sp³-hybridized carbons (Fsp3) is 0.500. The summed E-state index contributed by atoms with van der Waals surface area (Å²) in [5, 5.41) is 0.206. The average molecular weight is 484 g/mol. The van der Waals surface area contributed by atoms with Crippen molar-refractivity contribution >= 4 is 22.6 Å². The van der Waals surface area contributed by atoms with Gasteiger partial charge < -0.3 is 19.5 Å². The molecule has 0 aliphatic carbocycles. The van der Waals surface area contributed by atoms with Gasteiger partial charge in [-0.15, -0.1) is 0 Å². The van der Waals surface area contributed by atoms with E-state index in [1.54, 1.807) is 4.90 Å². The summed E-state index contributed by atoms with van der Waals surface area (Å²) in [6.07, 6.45) is -8.89. The number of carbonyl (C=O) groups excluding carboxylic acids is 1. The summed E-state index contributed by atoms with van der Waals surface area (Å²) >= 11 is 0.521. The smallest absolute Gasteiger partial charge is 0.427 e. The van der Waals surface area contributed by atoms with Crippen molar-refractivity contribution in [1.29, 1.82) is 0 Å². The van der Waals surface area contributed by atoms with Crippen LogP contribution in [0, 0.1) is 0 Å². The van der Waals surface area contributed by atoms with Crippen molar-refractivity contribution in [3.8, 4) is 0 Å². The molecule has 0 spiro atoms. The average Bonchev–Trinajstić information content (AvgIpc) is 3.19. The Kier molecular flexibility index (Phi) is 6.72. The van der Waals surface area contributed by atoms with Gasteiger partial charge in [0, 0.05) is 38.8 Å². The van der Waals surface area contributed by atoms with E-state index in [0.29, 0.717) is 17.4 Å². The first kappa shape index (κ1) is 23.9. The Balaban J connectivity index is 1.53. The molecule has 1 fully saturated rings. The van der Waals surface area contributed by atoms with Crippen LogP contribution in [0.3, 0.4) is 0 Å². The Labute approximate surface area is 181 Å². The normalized spacial score (nSPS) is 16.2. The highest BCUT2D eigenvalue weighted by molar-refractivity contribution is 7.15. The van der Waals surface area contributed by atoms with Crippen molar-refractivity contribution in [3.63, 3.8) is 0 Å². The Morgan fingerprint density at radius 2 is 1.84 bits per heavy atom. The van der Waals surface area contributed by atoms with E-state index in [4.69, 9.17) is 4.74 Å². The number of alkyl halides is 6. The summed E-state index contributed by atoms with van der Waals surface area (Å²) in [4.78, 5) is 31.7. The highest BCUT2D eigenvalue weighted by atomic mass is 32.1. The third-order valence-electron chi connectivity index (χ3n) is 4.67. The molecule has 176 valence electrons. The third-order valence-corrected chi connectivity index (χ3v) is 5.78. The van der Waals surface area contributed by atoms with Crippen molar-refractivity contribution in [2.45, 2.75) is 31.8 Å². The molecule has 1 saturated heterocycles. The number of piperazine rings is 1. The molecule has 2 aromatic rings. The lowest BCUT2D eigenvalue weighted by molar-refractivity contribution is -0.138. The van der Waals surface area contributed by atoms with Crippen molar-refractivity contribution in [3.05, 3.63) is 44.8 Å². The largest absolute Gasteiger partial charge is 0.446 e. The van der Waals surface area contributed by atoms with Crippen molar-refractivity contribution in [1.82, 2.24) is 14.9 Å². The second-order valence-electron chi connectivity index (χ2n) is 7.13. The first-order valence-electron chi connectivity index (χ1n) is 9.37. The highest BCUT2D eigenvalue weighted by Crippen LogP contribution is 2.36. The molecular weight excluding hydrogens is 466 g/mol. The summed E-state index contributed by atoms with van der Waals surface area (Å²) in [5.41, 5.74) is -2.45. The van der Waals surface area contributed by atoms with Gasteiger partial charge in [0.1, 0.15) is 16.5 Å². The summed E-state index contributed by atoms with van der Waals surface area (Å²) in [5.74, 6) is 0. The molecule has 1 aliphatic heterocycles. The van der Waals surface area contributed by atoms with Crippen molar-refractivity contribution in [2.75, 3.05) is 31.1 Å². The maximum atomic E-state index is 12.9. The van der Waals surface area contributed by atoms with Gasteiger partial charge in [0.25, 0.3) is 5.56 Å². The molecule has 1 aliphatic rings. The number of aromatic amines is 1. The predicted octanol–water partition coefficient (Wildman–Crippen LogP) is 3.76. The Hall–Kier alpha value is -2.77. The van der Waals surface area contributed by atoms with E-state index in [1.807, 2.05) is 4.98 Å². The van der Waals surface area contributed by atoms with Gasteiger partial charge in [0.2, 0.25) is 0 Å². The van der Waals surface area contributed by atoms with Crippen LogP contribution in [0.25, 0.3) is 0 Å². The molecule has 1 amide bonds. The van der Waals surface area contributed by atoms with Crippen LogP contribution < -0.4 is 10.5 Å². The second kappa shape index (κ2) is 9.00. The van der Waals surface area contributed by atoms with Crippen LogP contribution in [-0.4, -0.2) is 53.2 Å². The molecule has 32 heavy (non-hydrogen) atoms. The monoisotopic (exact) mass is 484 g/mol. The molecule has 2 aromatic heterocycles. The number of hydrogen-bond acceptors (Lipinski definition) is 6. The maximum absolute atomic E-state index is 12.9. The van der Waals surface area contributed by atoms with Gasteiger partial charge >= 0.3 is 18.4 Å². The van der Waals surface area contributed by atoms with Crippen molar-refractivity contribution in [2.24, 2.45) is 0 Å². The van der Waals surface area contributed by atoms with E-state index in [9.17, 15) is 35.9 Å². The summed E-state index contributed by atoms with van der Waals surface area (Å²) in [7, 11) is 0. The van der Waals surface area contributed by atoms with Crippen LogP contribution in [0.15, 0.2) is 23.3 Å². The lowest BCUT2D eigenvalue weighted by Crippen LogP contribution is -2.49. The van der Waals surface area contributed by atoms with Crippen molar-refractivity contribution < 1.29 is 35.9 Å². The van der Waals surface area contributed by atoms with E-state index in [0.717, 1.165) is 12.4 Å². The van der Waals surface area contributed by atoms with E-state index in [-0.39, 0.29) is 43.3 Å². The summed E-state index contributed by atoms with van der Waals surface area (Å²) in [6, 6.07) is 0.713. The number of halogens is 6. The standard InChI is InChI=1S/C18H18F6N4O3S/c1-10(6-11-7-12(17(19,20)21)14(29)25-8-11)31-16(30)28-4-2-27(3-5-28)15-26-9-13(32-15)18(22,23)24/h7-10H,2-6H2,1H3,(H,25,29). The van der Waals surface area contributed by atoms with Crippen LogP contribution in [0.2, 0.25) is 0 Å². The molecular formula is C18H18F6N4O3S. The number of nitrogens with one attached hydrogen (secondary N) is 1. The van der Waals surface area contributed by atoms with Crippen LogP contribution in [-0.2, 0) is 23.5 Å². The van der Waals surface area contributed by atoms with E-state index in [2.05, 4.69) is 4.98 Å². The van der Waals surface area contributed by atoms with Gasteiger partial charge in [-0.3, -0.25) is 4.79 Å². The van der Waals surface area contributed by atoms with Gasteiger partial charge in [-0.25, -0.2) is 9.78 Å². The van der Waals surface area contributed by atoms with E-state index < -0.39 is 40.5 Å². The Morgan fingerprint density at radius 1 is 1.19 bits per heavy atom. The molecule has 0 aromatic carbocycles. The van der Waals surface area contributed by atoms with E-state index >= 15 is 0 Å². The van der Waals surface area contributed by atoms with Crippen LogP contribution >= 0.6 is 11.3 Å². The number of amides is 1. The lowest BCUT2D eigenvalue weighted by Gasteiger charge is -2.34. The second-order valence-corrected chi connectivity index (χ2v) is 8.14. The van der Waals surface area contributed by atoms with Gasteiger partial charge in [0.15, 0.2) is 5.13 Å². The molecule has 7 nitrogen and oxygen atoms in total. The Bertz CT molecular complexity index is 1010. The predicted molar refractivity (Wildman–Crippen MR) is 103 cm³/mol. The van der Waals surface area contributed by atoms with Gasteiger partial charge in [-0.1, -0.05) is 11.3 Å². The molecule has 0 bridgehead atoms. The number of anilines is 1. The number of aromatic nitrogens is 2. The highest BCUT2D eigenvalue weighted by Gasteiger charge is 2.35. The molecule has 14 heteroatoms. The zero-order valence-corrected chi connectivity index (χ0v) is 17.4. The minimum atomic E-state index is -4.80. The molecule has 1 atom stereocenters. The van der Waals surface area contributed by atoms with Gasteiger partial charge in [-0.2, -0.15) is 26.3 Å². The molecule has 3 heterocycles. The number of carbonyl (C=O) groups is 1. The number of ether oxygens (including phenoxy) is 1. The summed E-state index contributed by atoms with van der Waals surface area (Å²) < 4.78 is 82.0. The molecule has 1 unspecified atom stereocenters.